The van der Waals surface area contributed by atoms with Crippen molar-refractivity contribution in [2.75, 3.05) is 7.11 Å². The van der Waals surface area contributed by atoms with E-state index in [1.165, 1.54) is 0 Å². The highest BCUT2D eigenvalue weighted by Crippen LogP contribution is 2.40. The second-order valence-electron chi connectivity index (χ2n) is 6.58. The molecular formula is C20H19N3O3. The zero-order valence-electron chi connectivity index (χ0n) is 14.4. The van der Waals surface area contributed by atoms with E-state index < -0.39 is 5.91 Å². The summed E-state index contributed by atoms with van der Waals surface area (Å²) < 4.78 is 7.61. The van der Waals surface area contributed by atoms with Gasteiger partial charge < -0.3 is 20.8 Å². The molecule has 6 nitrogen and oxygen atoms in total. The Morgan fingerprint density at radius 2 is 1.96 bits per heavy atom. The lowest BCUT2D eigenvalue weighted by molar-refractivity contribution is -0.122. The molecule has 4 N–H and O–H groups in total. The van der Waals surface area contributed by atoms with E-state index in [1.54, 1.807) is 19.2 Å². The molecule has 2 aromatic carbocycles. The normalized spacial score (nSPS) is 15.8. The molecule has 1 aliphatic rings. The van der Waals surface area contributed by atoms with E-state index >= 15 is 0 Å². The number of nitrogens with zero attached hydrogens (tertiary/aromatic N) is 1. The molecule has 4 rings (SSSR count). The second kappa shape index (κ2) is 5.91. The van der Waals surface area contributed by atoms with Gasteiger partial charge in [-0.3, -0.25) is 9.59 Å². The molecule has 0 bridgehead atoms. The van der Waals surface area contributed by atoms with E-state index in [9.17, 15) is 9.59 Å². The van der Waals surface area contributed by atoms with Crippen LogP contribution in [0.15, 0.2) is 42.5 Å². The standard InChI is InChI=1S/C20H19N3O3/c1-26-17-4-2-3-12-7-14(20(22)25)10-23-15-9-13(19(21)24)6-5-11(15)8-16(23)18(12)17/h2-6,8-9,14H,7,10H2,1H3,(H2,21,24)(H2,22,25). The van der Waals surface area contributed by atoms with Gasteiger partial charge in [0.2, 0.25) is 11.8 Å². The molecule has 2 amide bonds. The van der Waals surface area contributed by atoms with Crippen LogP contribution in [0.25, 0.3) is 22.2 Å². The summed E-state index contributed by atoms with van der Waals surface area (Å²) in [6.45, 7) is 0.439. The third-order valence-corrected chi connectivity index (χ3v) is 5.05. The highest BCUT2D eigenvalue weighted by molar-refractivity contribution is 5.98. The van der Waals surface area contributed by atoms with E-state index in [0.29, 0.717) is 18.5 Å². The van der Waals surface area contributed by atoms with Crippen molar-refractivity contribution in [3.8, 4) is 17.0 Å². The van der Waals surface area contributed by atoms with Gasteiger partial charge in [0.05, 0.1) is 18.7 Å². The summed E-state index contributed by atoms with van der Waals surface area (Å²) in [5.74, 6) is -0.443. The Morgan fingerprint density at radius 1 is 1.15 bits per heavy atom. The summed E-state index contributed by atoms with van der Waals surface area (Å²) in [7, 11) is 1.63. The van der Waals surface area contributed by atoms with E-state index in [4.69, 9.17) is 16.2 Å². The van der Waals surface area contributed by atoms with Crippen LogP contribution in [-0.2, 0) is 17.8 Å². The van der Waals surface area contributed by atoms with E-state index in [0.717, 1.165) is 33.5 Å². The van der Waals surface area contributed by atoms with Crippen LogP contribution in [0.5, 0.6) is 5.75 Å². The monoisotopic (exact) mass is 349 g/mol. The van der Waals surface area contributed by atoms with Crippen molar-refractivity contribution >= 4 is 22.7 Å². The van der Waals surface area contributed by atoms with Crippen molar-refractivity contribution in [1.29, 1.82) is 0 Å². The molecule has 1 unspecified atom stereocenters. The maximum Gasteiger partial charge on any atom is 0.248 e. The summed E-state index contributed by atoms with van der Waals surface area (Å²) in [6.07, 6.45) is 0.542. The predicted molar refractivity (Wildman–Crippen MR) is 98.8 cm³/mol. The van der Waals surface area contributed by atoms with Gasteiger partial charge in [-0.05, 0) is 36.2 Å². The van der Waals surface area contributed by atoms with Gasteiger partial charge >= 0.3 is 0 Å². The molecule has 0 fully saturated rings. The third-order valence-electron chi connectivity index (χ3n) is 5.05. The van der Waals surface area contributed by atoms with Gasteiger partial charge in [0.25, 0.3) is 0 Å². The topological polar surface area (TPSA) is 100 Å². The van der Waals surface area contributed by atoms with Gasteiger partial charge in [0.15, 0.2) is 0 Å². The number of carbonyl (C=O) groups is 2. The van der Waals surface area contributed by atoms with Crippen molar-refractivity contribution in [1.82, 2.24) is 4.57 Å². The molecule has 132 valence electrons. The molecule has 1 aliphatic heterocycles. The summed E-state index contributed by atoms with van der Waals surface area (Å²) >= 11 is 0. The fraction of sp³-hybridized carbons (Fsp3) is 0.200. The first kappa shape index (κ1) is 16.2. The third kappa shape index (κ3) is 2.42. The minimum atomic E-state index is -0.486. The van der Waals surface area contributed by atoms with E-state index in [-0.39, 0.29) is 11.8 Å². The van der Waals surface area contributed by atoms with Crippen molar-refractivity contribution in [3.05, 3.63) is 53.6 Å². The Labute approximate surface area is 150 Å². The molecule has 26 heavy (non-hydrogen) atoms. The highest BCUT2D eigenvalue weighted by atomic mass is 16.5. The van der Waals surface area contributed by atoms with Crippen LogP contribution in [0.2, 0.25) is 0 Å². The maximum absolute atomic E-state index is 12.0. The molecular weight excluding hydrogens is 330 g/mol. The molecule has 0 saturated carbocycles. The number of benzene rings is 2. The van der Waals surface area contributed by atoms with E-state index in [1.807, 2.05) is 34.9 Å². The van der Waals surface area contributed by atoms with Gasteiger partial charge in [0, 0.05) is 28.6 Å². The average Bonchev–Trinajstić information content (AvgIpc) is 2.88. The van der Waals surface area contributed by atoms with Gasteiger partial charge in [-0.15, -0.1) is 0 Å². The number of amides is 2. The first-order valence-corrected chi connectivity index (χ1v) is 8.38. The number of primary amides is 2. The lowest BCUT2D eigenvalue weighted by Crippen LogP contribution is -2.28. The number of nitrogens with two attached hydrogens (primary N) is 2. The molecule has 1 atom stereocenters. The minimum Gasteiger partial charge on any atom is -0.496 e. The molecule has 1 aromatic heterocycles. The number of aromatic nitrogens is 1. The summed E-state index contributed by atoms with van der Waals surface area (Å²) in [5.41, 5.74) is 15.3. The fourth-order valence-electron chi connectivity index (χ4n) is 3.76. The number of carbonyl (C=O) groups excluding carboxylic acids is 2. The van der Waals surface area contributed by atoms with Crippen LogP contribution in [0.4, 0.5) is 0 Å². The number of fused-ring (bicyclic) bond motifs is 5. The number of methoxy groups -OCH3 is 1. The number of hydrogen-bond acceptors (Lipinski definition) is 3. The number of rotatable bonds is 3. The van der Waals surface area contributed by atoms with Gasteiger partial charge in [0.1, 0.15) is 5.75 Å². The summed E-state index contributed by atoms with van der Waals surface area (Å²) in [4.78, 5) is 23.6. The summed E-state index contributed by atoms with van der Waals surface area (Å²) in [6, 6.07) is 13.2. The summed E-state index contributed by atoms with van der Waals surface area (Å²) in [5, 5.41) is 0.965. The SMILES string of the molecule is COc1cccc2c1-c1cc3ccc(C(N)=O)cc3n1CC(C(N)=O)C2. The fourth-order valence-corrected chi connectivity index (χ4v) is 3.76. The Hall–Kier alpha value is -3.28. The Kier molecular flexibility index (Phi) is 3.68. The molecule has 0 saturated heterocycles. The van der Waals surface area contributed by atoms with Crippen molar-refractivity contribution < 1.29 is 14.3 Å². The largest absolute Gasteiger partial charge is 0.496 e. The van der Waals surface area contributed by atoms with Crippen LogP contribution in [0, 0.1) is 5.92 Å². The van der Waals surface area contributed by atoms with Crippen LogP contribution >= 0.6 is 0 Å². The van der Waals surface area contributed by atoms with Crippen molar-refractivity contribution in [3.63, 3.8) is 0 Å². The Morgan fingerprint density at radius 3 is 2.65 bits per heavy atom. The quantitative estimate of drug-likeness (QED) is 0.757. The molecule has 2 heterocycles. The first-order valence-electron chi connectivity index (χ1n) is 8.38. The van der Waals surface area contributed by atoms with Gasteiger partial charge in [-0.25, -0.2) is 0 Å². The predicted octanol–water partition coefficient (Wildman–Crippen LogP) is 2.07. The van der Waals surface area contributed by atoms with Crippen LogP contribution in [0.1, 0.15) is 15.9 Å². The minimum absolute atomic E-state index is 0.348. The molecule has 3 aromatic rings. The Bertz CT molecular complexity index is 1050. The lowest BCUT2D eigenvalue weighted by atomic mass is 9.95. The lowest BCUT2D eigenvalue weighted by Gasteiger charge is -2.13. The number of ether oxygens (including phenoxy) is 1. The van der Waals surface area contributed by atoms with Crippen molar-refractivity contribution in [2.24, 2.45) is 17.4 Å². The van der Waals surface area contributed by atoms with E-state index in [2.05, 4.69) is 0 Å². The number of hydrogen-bond donors (Lipinski definition) is 2. The second-order valence-corrected chi connectivity index (χ2v) is 6.58. The first-order chi connectivity index (χ1) is 12.5. The molecule has 0 aliphatic carbocycles. The van der Waals surface area contributed by atoms with Crippen LogP contribution in [-0.4, -0.2) is 23.5 Å². The zero-order chi connectivity index (χ0) is 18.4. The Balaban J connectivity index is 2.05. The zero-order valence-corrected chi connectivity index (χ0v) is 14.4. The highest BCUT2D eigenvalue weighted by Gasteiger charge is 2.28. The van der Waals surface area contributed by atoms with Crippen molar-refractivity contribution in [2.45, 2.75) is 13.0 Å². The van der Waals surface area contributed by atoms with Crippen LogP contribution in [0.3, 0.4) is 0 Å². The smallest absolute Gasteiger partial charge is 0.248 e. The molecule has 0 spiro atoms. The van der Waals surface area contributed by atoms with Gasteiger partial charge in [-0.1, -0.05) is 18.2 Å². The van der Waals surface area contributed by atoms with Gasteiger partial charge in [-0.2, -0.15) is 0 Å². The average molecular weight is 349 g/mol. The van der Waals surface area contributed by atoms with Crippen LogP contribution < -0.4 is 16.2 Å². The molecule has 6 heteroatoms. The maximum atomic E-state index is 12.0. The molecule has 0 radical (unpaired) electrons.